The van der Waals surface area contributed by atoms with E-state index in [4.69, 9.17) is 0 Å². The number of benzene rings is 1. The Kier molecular flexibility index (Phi) is 5.06. The van der Waals surface area contributed by atoms with E-state index in [1.54, 1.807) is 0 Å². The van der Waals surface area contributed by atoms with Crippen LogP contribution in [-0.4, -0.2) is 12.6 Å². The fourth-order valence-corrected chi connectivity index (χ4v) is 2.62. The highest BCUT2D eigenvalue weighted by atomic mass is 14.9. The molecule has 0 bridgehead atoms. The third-order valence-electron chi connectivity index (χ3n) is 3.79. The van der Waals surface area contributed by atoms with Crippen LogP contribution in [0.15, 0.2) is 18.2 Å². The predicted molar refractivity (Wildman–Crippen MR) is 79.1 cm³/mol. The van der Waals surface area contributed by atoms with Crippen molar-refractivity contribution in [1.82, 2.24) is 5.32 Å². The Balaban J connectivity index is 1.93. The van der Waals surface area contributed by atoms with Crippen molar-refractivity contribution in [3.05, 3.63) is 29.3 Å². The quantitative estimate of drug-likeness (QED) is 0.799. The van der Waals surface area contributed by atoms with Crippen LogP contribution >= 0.6 is 0 Å². The third-order valence-corrected chi connectivity index (χ3v) is 3.79. The second-order valence-electron chi connectivity index (χ2n) is 5.41. The van der Waals surface area contributed by atoms with Crippen LogP contribution in [0.2, 0.25) is 0 Å². The first kappa shape index (κ1) is 13.4. The van der Waals surface area contributed by atoms with Crippen LogP contribution in [0, 0.1) is 0 Å². The molecule has 2 nitrogen and oxygen atoms in total. The summed E-state index contributed by atoms with van der Waals surface area (Å²) in [4.78, 5) is 0. The van der Waals surface area contributed by atoms with Gasteiger partial charge < -0.3 is 10.6 Å². The van der Waals surface area contributed by atoms with E-state index in [0.29, 0.717) is 6.04 Å². The van der Waals surface area contributed by atoms with Gasteiger partial charge in [0.2, 0.25) is 0 Å². The molecule has 2 rings (SSSR count). The number of aryl methyl sites for hydroxylation is 1. The summed E-state index contributed by atoms with van der Waals surface area (Å²) >= 11 is 0. The lowest BCUT2D eigenvalue weighted by molar-refractivity contribution is 0.495. The zero-order chi connectivity index (χ0) is 12.8. The molecule has 0 amide bonds. The van der Waals surface area contributed by atoms with E-state index < -0.39 is 0 Å². The number of nitrogens with one attached hydrogen (secondary N) is 2. The maximum absolute atomic E-state index is 3.64. The second kappa shape index (κ2) is 6.79. The molecule has 0 aliphatic carbocycles. The van der Waals surface area contributed by atoms with Crippen molar-refractivity contribution in [2.24, 2.45) is 0 Å². The van der Waals surface area contributed by atoms with Crippen molar-refractivity contribution in [1.29, 1.82) is 0 Å². The minimum Gasteiger partial charge on any atom is -0.385 e. The standard InChI is InChI=1S/C16H26N2/c1-3-4-7-13(2)18-12-15-9-5-8-14-10-6-11-17-16(14)15/h5,8-9,13,17-18H,3-4,6-7,10-12H2,1-2H3. The second-order valence-corrected chi connectivity index (χ2v) is 5.41. The lowest BCUT2D eigenvalue weighted by atomic mass is 9.99. The molecule has 0 aromatic heterocycles. The minimum atomic E-state index is 0.615. The van der Waals surface area contributed by atoms with E-state index in [0.717, 1.165) is 13.1 Å². The molecule has 0 radical (unpaired) electrons. The molecule has 0 fully saturated rings. The molecule has 0 saturated carbocycles. The number of hydrogen-bond acceptors (Lipinski definition) is 2. The van der Waals surface area contributed by atoms with Crippen molar-refractivity contribution in [2.75, 3.05) is 11.9 Å². The van der Waals surface area contributed by atoms with Crippen LogP contribution < -0.4 is 10.6 Å². The van der Waals surface area contributed by atoms with Gasteiger partial charge in [-0.15, -0.1) is 0 Å². The summed E-state index contributed by atoms with van der Waals surface area (Å²) in [5, 5.41) is 7.20. The molecule has 1 aromatic rings. The molecule has 2 heteroatoms. The molecule has 0 saturated heterocycles. The Morgan fingerprint density at radius 2 is 2.28 bits per heavy atom. The first-order chi connectivity index (χ1) is 8.81. The summed E-state index contributed by atoms with van der Waals surface area (Å²) in [5.74, 6) is 0. The molecular weight excluding hydrogens is 220 g/mol. The summed E-state index contributed by atoms with van der Waals surface area (Å²) in [7, 11) is 0. The fourth-order valence-electron chi connectivity index (χ4n) is 2.62. The van der Waals surface area contributed by atoms with Crippen molar-refractivity contribution in [3.8, 4) is 0 Å². The minimum absolute atomic E-state index is 0.615. The molecule has 1 aromatic carbocycles. The van der Waals surface area contributed by atoms with Crippen molar-refractivity contribution < 1.29 is 0 Å². The maximum Gasteiger partial charge on any atom is 0.0418 e. The van der Waals surface area contributed by atoms with Crippen molar-refractivity contribution in [3.63, 3.8) is 0 Å². The SMILES string of the molecule is CCCCC(C)NCc1cccc2c1NCCC2. The van der Waals surface area contributed by atoms with Gasteiger partial charge in [0.15, 0.2) is 0 Å². The van der Waals surface area contributed by atoms with Crippen LogP contribution in [0.1, 0.15) is 50.7 Å². The van der Waals surface area contributed by atoms with E-state index in [2.05, 4.69) is 42.7 Å². The molecule has 1 aliphatic rings. The highest BCUT2D eigenvalue weighted by molar-refractivity contribution is 5.59. The van der Waals surface area contributed by atoms with Gasteiger partial charge in [-0.25, -0.2) is 0 Å². The monoisotopic (exact) mass is 246 g/mol. The van der Waals surface area contributed by atoms with Crippen LogP contribution in [0.3, 0.4) is 0 Å². The molecule has 2 N–H and O–H groups in total. The Bertz CT molecular complexity index is 373. The Labute approximate surface area is 111 Å². The zero-order valence-electron chi connectivity index (χ0n) is 11.8. The lowest BCUT2D eigenvalue weighted by Gasteiger charge is -2.22. The molecule has 1 aliphatic heterocycles. The molecule has 100 valence electrons. The number of fused-ring (bicyclic) bond motifs is 1. The van der Waals surface area contributed by atoms with Gasteiger partial charge in [0, 0.05) is 24.8 Å². The summed E-state index contributed by atoms with van der Waals surface area (Å²) in [5.41, 5.74) is 4.30. The number of unbranched alkanes of at least 4 members (excludes halogenated alkanes) is 1. The van der Waals surface area contributed by atoms with Crippen LogP contribution in [-0.2, 0) is 13.0 Å². The summed E-state index contributed by atoms with van der Waals surface area (Å²) in [6, 6.07) is 7.31. The smallest absolute Gasteiger partial charge is 0.0418 e. The average molecular weight is 246 g/mol. The van der Waals surface area contributed by atoms with Gasteiger partial charge in [0.05, 0.1) is 0 Å². The molecule has 1 unspecified atom stereocenters. The highest BCUT2D eigenvalue weighted by Crippen LogP contribution is 2.25. The lowest BCUT2D eigenvalue weighted by Crippen LogP contribution is -2.26. The average Bonchev–Trinajstić information content (AvgIpc) is 2.42. The van der Waals surface area contributed by atoms with E-state index in [9.17, 15) is 0 Å². The Hall–Kier alpha value is -1.02. The van der Waals surface area contributed by atoms with Gasteiger partial charge in [0.25, 0.3) is 0 Å². The number of rotatable bonds is 6. The Morgan fingerprint density at radius 3 is 3.11 bits per heavy atom. The first-order valence-electron chi connectivity index (χ1n) is 7.39. The number of anilines is 1. The molecular formula is C16H26N2. The van der Waals surface area contributed by atoms with Crippen molar-refractivity contribution >= 4 is 5.69 Å². The maximum atomic E-state index is 3.64. The summed E-state index contributed by atoms with van der Waals surface area (Å²) < 4.78 is 0. The Morgan fingerprint density at radius 1 is 1.39 bits per heavy atom. The zero-order valence-corrected chi connectivity index (χ0v) is 11.8. The highest BCUT2D eigenvalue weighted by Gasteiger charge is 2.12. The third kappa shape index (κ3) is 3.49. The summed E-state index contributed by atoms with van der Waals surface area (Å²) in [6.45, 7) is 6.65. The fraction of sp³-hybridized carbons (Fsp3) is 0.625. The van der Waals surface area contributed by atoms with Crippen LogP contribution in [0.25, 0.3) is 0 Å². The van der Waals surface area contributed by atoms with Gasteiger partial charge in [-0.3, -0.25) is 0 Å². The van der Waals surface area contributed by atoms with E-state index >= 15 is 0 Å². The van der Waals surface area contributed by atoms with Gasteiger partial charge in [-0.05, 0) is 37.3 Å². The molecule has 1 atom stereocenters. The van der Waals surface area contributed by atoms with Crippen molar-refractivity contribution in [2.45, 2.75) is 58.5 Å². The van der Waals surface area contributed by atoms with Gasteiger partial charge in [-0.1, -0.05) is 38.0 Å². The first-order valence-corrected chi connectivity index (χ1v) is 7.39. The summed E-state index contributed by atoms with van der Waals surface area (Å²) in [6.07, 6.45) is 6.37. The molecule has 1 heterocycles. The van der Waals surface area contributed by atoms with E-state index in [1.807, 2.05) is 0 Å². The van der Waals surface area contributed by atoms with E-state index in [-0.39, 0.29) is 0 Å². The van der Waals surface area contributed by atoms with Gasteiger partial charge in [-0.2, -0.15) is 0 Å². The topological polar surface area (TPSA) is 24.1 Å². The van der Waals surface area contributed by atoms with E-state index in [1.165, 1.54) is 48.9 Å². The normalized spacial score (nSPS) is 15.9. The van der Waals surface area contributed by atoms with Gasteiger partial charge >= 0.3 is 0 Å². The van der Waals surface area contributed by atoms with Gasteiger partial charge in [0.1, 0.15) is 0 Å². The molecule has 18 heavy (non-hydrogen) atoms. The van der Waals surface area contributed by atoms with Crippen LogP contribution in [0.5, 0.6) is 0 Å². The number of para-hydroxylation sites is 1. The number of hydrogen-bond donors (Lipinski definition) is 2. The molecule has 0 spiro atoms. The van der Waals surface area contributed by atoms with Crippen LogP contribution in [0.4, 0.5) is 5.69 Å². The predicted octanol–water partition coefficient (Wildman–Crippen LogP) is 3.71. The largest absolute Gasteiger partial charge is 0.385 e.